The van der Waals surface area contributed by atoms with Gasteiger partial charge in [0.05, 0.1) is 22.4 Å². The van der Waals surface area contributed by atoms with Crippen molar-refractivity contribution in [2.24, 2.45) is 15.4 Å². The molecule has 13 heteroatoms. The Morgan fingerprint density at radius 3 is 2.35 bits per heavy atom. The summed E-state index contributed by atoms with van der Waals surface area (Å²) < 4.78 is 0. The number of hydrogen-bond acceptors (Lipinski definition) is 9. The van der Waals surface area contributed by atoms with Gasteiger partial charge < -0.3 is 0 Å². The molecule has 0 unspecified atom stereocenters. The summed E-state index contributed by atoms with van der Waals surface area (Å²) in [4.78, 5) is 51.6. The van der Waals surface area contributed by atoms with Crippen LogP contribution in [0.1, 0.15) is 23.6 Å². The van der Waals surface area contributed by atoms with Gasteiger partial charge in [-0.2, -0.15) is 10.2 Å². The van der Waals surface area contributed by atoms with Crippen LogP contribution < -0.4 is 4.90 Å². The SMILES string of the molecule is O=C1[C@H]2N=NN(CC(=O)N3N=C(c4ccccc4)C[C@H]3c3ccc([N+](=O)[O-])cc3)[C@@H]2C(=O)N1c1ccc(Cl)cc1. The summed E-state index contributed by atoms with van der Waals surface area (Å²) in [5.41, 5.74) is 2.45. The average Bonchev–Trinajstić information content (AvgIpc) is 3.65. The van der Waals surface area contributed by atoms with E-state index in [0.29, 0.717) is 28.4 Å². The van der Waals surface area contributed by atoms with E-state index in [1.807, 2.05) is 30.3 Å². The van der Waals surface area contributed by atoms with Crippen molar-refractivity contribution in [1.29, 1.82) is 0 Å². The zero-order chi connectivity index (χ0) is 28.0. The lowest BCUT2D eigenvalue weighted by Gasteiger charge is -2.25. The lowest BCUT2D eigenvalue weighted by molar-refractivity contribution is -0.384. The van der Waals surface area contributed by atoms with E-state index in [0.717, 1.165) is 10.5 Å². The Morgan fingerprint density at radius 1 is 0.975 bits per heavy atom. The zero-order valence-corrected chi connectivity index (χ0v) is 21.5. The molecular formula is C27H20ClN7O5. The molecule has 12 nitrogen and oxygen atoms in total. The fourth-order valence-electron chi connectivity index (χ4n) is 5.03. The predicted molar refractivity (Wildman–Crippen MR) is 143 cm³/mol. The van der Waals surface area contributed by atoms with Crippen molar-refractivity contribution in [3.8, 4) is 0 Å². The first-order valence-electron chi connectivity index (χ1n) is 12.3. The van der Waals surface area contributed by atoms with Crippen molar-refractivity contribution in [2.75, 3.05) is 11.4 Å². The standard InChI is InChI=1S/C27H20ClN7O5/c28-18-8-12-19(13-9-18)33-26(37)24-25(27(33)38)32(31-29-24)15-23(36)34-22(17-6-10-20(11-7-17)35(39)40)14-21(30-34)16-4-2-1-3-5-16/h1-13,22,24-25H,14-15H2/t22-,24-,25-/m0/s1. The second kappa shape index (κ2) is 9.97. The summed E-state index contributed by atoms with van der Waals surface area (Å²) in [5.74, 6) is -1.55. The van der Waals surface area contributed by atoms with E-state index in [1.165, 1.54) is 22.2 Å². The summed E-state index contributed by atoms with van der Waals surface area (Å²) in [7, 11) is 0. The lowest BCUT2D eigenvalue weighted by atomic mass is 9.98. The van der Waals surface area contributed by atoms with Crippen LogP contribution in [0.5, 0.6) is 0 Å². The van der Waals surface area contributed by atoms with Gasteiger partial charge in [-0.05, 0) is 35.4 Å². The first-order chi connectivity index (χ1) is 19.3. The number of rotatable bonds is 6. The maximum atomic E-state index is 13.6. The highest BCUT2D eigenvalue weighted by atomic mass is 35.5. The molecule has 1 saturated heterocycles. The molecule has 3 aromatic carbocycles. The number of hydrazone groups is 1. The number of nitrogens with zero attached hydrogens (tertiary/aromatic N) is 7. The molecule has 40 heavy (non-hydrogen) atoms. The largest absolute Gasteiger partial charge is 0.271 e. The van der Waals surface area contributed by atoms with Crippen LogP contribution in [0.4, 0.5) is 11.4 Å². The number of halogens is 1. The molecular weight excluding hydrogens is 538 g/mol. The summed E-state index contributed by atoms with van der Waals surface area (Å²) >= 11 is 5.94. The summed E-state index contributed by atoms with van der Waals surface area (Å²) in [6.07, 6.45) is 0.378. The fraction of sp³-hybridized carbons (Fsp3) is 0.185. The van der Waals surface area contributed by atoms with Crippen LogP contribution in [-0.4, -0.2) is 57.0 Å². The third-order valence-electron chi connectivity index (χ3n) is 7.00. The number of amides is 3. The molecule has 3 atom stereocenters. The maximum absolute atomic E-state index is 13.6. The first-order valence-corrected chi connectivity index (χ1v) is 12.7. The van der Waals surface area contributed by atoms with Gasteiger partial charge in [0.15, 0.2) is 12.1 Å². The molecule has 3 heterocycles. The van der Waals surface area contributed by atoms with Gasteiger partial charge in [-0.15, -0.1) is 0 Å². The van der Waals surface area contributed by atoms with Crippen molar-refractivity contribution < 1.29 is 19.3 Å². The highest BCUT2D eigenvalue weighted by molar-refractivity contribution is 6.31. The van der Waals surface area contributed by atoms with Gasteiger partial charge in [0, 0.05) is 23.6 Å². The van der Waals surface area contributed by atoms with Crippen molar-refractivity contribution in [3.05, 3.63) is 105 Å². The quantitative estimate of drug-likeness (QED) is 0.255. The van der Waals surface area contributed by atoms with E-state index < -0.39 is 40.8 Å². The summed E-state index contributed by atoms with van der Waals surface area (Å²) in [6.45, 7) is -0.354. The number of carbonyl (C=O) groups is 3. The summed E-state index contributed by atoms with van der Waals surface area (Å²) in [5, 5.41) is 26.7. The van der Waals surface area contributed by atoms with Crippen molar-refractivity contribution in [1.82, 2.24) is 10.0 Å². The minimum Gasteiger partial charge on any atom is -0.271 e. The van der Waals surface area contributed by atoms with Gasteiger partial charge in [-0.1, -0.05) is 59.3 Å². The highest BCUT2D eigenvalue weighted by Gasteiger charge is 2.55. The second-order valence-corrected chi connectivity index (χ2v) is 9.84. The molecule has 0 spiro atoms. The molecule has 200 valence electrons. The monoisotopic (exact) mass is 557 g/mol. The van der Waals surface area contributed by atoms with Crippen LogP contribution in [0.25, 0.3) is 0 Å². The van der Waals surface area contributed by atoms with E-state index in [-0.39, 0.29) is 12.2 Å². The molecule has 0 radical (unpaired) electrons. The van der Waals surface area contributed by atoms with Crippen LogP contribution >= 0.6 is 11.6 Å². The van der Waals surface area contributed by atoms with E-state index in [1.54, 1.807) is 36.4 Å². The number of non-ortho nitro benzene ring substituents is 1. The van der Waals surface area contributed by atoms with Gasteiger partial charge in [-0.25, -0.2) is 9.91 Å². The average molecular weight is 558 g/mol. The Kier molecular flexibility index (Phi) is 6.31. The Morgan fingerprint density at radius 2 is 1.68 bits per heavy atom. The molecule has 0 saturated carbocycles. The second-order valence-electron chi connectivity index (χ2n) is 9.40. The van der Waals surface area contributed by atoms with Crippen LogP contribution in [0.15, 0.2) is 94.3 Å². The lowest BCUT2D eigenvalue weighted by Crippen LogP contribution is -2.44. The fourth-order valence-corrected chi connectivity index (χ4v) is 5.16. The Balaban J connectivity index is 1.26. The van der Waals surface area contributed by atoms with Crippen molar-refractivity contribution >= 4 is 46.4 Å². The molecule has 1 fully saturated rings. The molecule has 0 aliphatic carbocycles. The Labute approximate surface area is 232 Å². The highest BCUT2D eigenvalue weighted by Crippen LogP contribution is 2.36. The maximum Gasteiger partial charge on any atom is 0.269 e. The van der Waals surface area contributed by atoms with Crippen LogP contribution in [0.3, 0.4) is 0 Å². The summed E-state index contributed by atoms with van der Waals surface area (Å²) in [6, 6.07) is 18.9. The molecule has 0 bridgehead atoms. The van der Waals surface area contributed by atoms with Crippen LogP contribution in [0, 0.1) is 10.1 Å². The molecule has 3 aromatic rings. The van der Waals surface area contributed by atoms with Gasteiger partial charge in [-0.3, -0.25) is 29.5 Å². The number of nitro benzene ring substituents is 1. The minimum absolute atomic E-state index is 0.0676. The van der Waals surface area contributed by atoms with E-state index >= 15 is 0 Å². The van der Waals surface area contributed by atoms with Crippen molar-refractivity contribution in [2.45, 2.75) is 24.5 Å². The number of nitro groups is 1. The topological polar surface area (TPSA) is 141 Å². The Bertz CT molecular complexity index is 1580. The van der Waals surface area contributed by atoms with Gasteiger partial charge >= 0.3 is 0 Å². The molecule has 3 amide bonds. The number of imide groups is 1. The van der Waals surface area contributed by atoms with Crippen molar-refractivity contribution in [3.63, 3.8) is 0 Å². The van der Waals surface area contributed by atoms with E-state index in [4.69, 9.17) is 11.6 Å². The van der Waals surface area contributed by atoms with Crippen LogP contribution in [0.2, 0.25) is 5.02 Å². The Hall–Kier alpha value is -4.97. The predicted octanol–water partition coefficient (Wildman–Crippen LogP) is 3.92. The number of fused-ring (bicyclic) bond motifs is 1. The molecule has 0 aromatic heterocycles. The van der Waals surface area contributed by atoms with E-state index in [9.17, 15) is 24.5 Å². The van der Waals surface area contributed by atoms with Gasteiger partial charge in [0.1, 0.15) is 6.54 Å². The molecule has 0 N–H and O–H groups in total. The number of benzene rings is 3. The number of hydrogen-bond donors (Lipinski definition) is 0. The van der Waals surface area contributed by atoms with Gasteiger partial charge in [0.2, 0.25) is 0 Å². The third-order valence-corrected chi connectivity index (χ3v) is 7.25. The van der Waals surface area contributed by atoms with Crippen LogP contribution in [-0.2, 0) is 14.4 Å². The molecule has 3 aliphatic heterocycles. The molecule has 6 rings (SSSR count). The number of carbonyl (C=O) groups excluding carboxylic acids is 3. The normalized spacial score (nSPS) is 21.7. The minimum atomic E-state index is -1.07. The van der Waals surface area contributed by atoms with E-state index in [2.05, 4.69) is 15.4 Å². The van der Waals surface area contributed by atoms with Gasteiger partial charge in [0.25, 0.3) is 23.4 Å². The molecule has 3 aliphatic rings. The number of anilines is 1. The third kappa shape index (κ3) is 4.37. The zero-order valence-electron chi connectivity index (χ0n) is 20.7. The smallest absolute Gasteiger partial charge is 0.269 e. The first kappa shape index (κ1) is 25.3.